The van der Waals surface area contributed by atoms with Crippen LogP contribution in [0.2, 0.25) is 0 Å². The van der Waals surface area contributed by atoms with Crippen LogP contribution >= 0.6 is 0 Å². The molecule has 84 valence electrons. The molecule has 1 aromatic rings. The molecule has 1 heterocycles. The molecule has 2 N–H and O–H groups in total. The molecular formula is C13H16N2O. The Morgan fingerprint density at radius 3 is 3.06 bits per heavy atom. The molecule has 0 radical (unpaired) electrons. The lowest BCUT2D eigenvalue weighted by molar-refractivity contribution is 0.425. The van der Waals surface area contributed by atoms with Crippen LogP contribution in [0.4, 0.5) is 0 Å². The predicted octanol–water partition coefficient (Wildman–Crippen LogP) is 1.93. The fourth-order valence-corrected chi connectivity index (χ4v) is 2.25. The van der Waals surface area contributed by atoms with E-state index in [0.29, 0.717) is 18.1 Å². The van der Waals surface area contributed by atoms with Crippen molar-refractivity contribution in [1.29, 1.82) is 5.26 Å². The van der Waals surface area contributed by atoms with Crippen molar-refractivity contribution in [2.75, 3.05) is 13.1 Å². The van der Waals surface area contributed by atoms with Crippen molar-refractivity contribution in [2.45, 2.75) is 25.2 Å². The van der Waals surface area contributed by atoms with Gasteiger partial charge in [0.1, 0.15) is 5.75 Å². The number of piperidine rings is 1. The number of aromatic hydroxyl groups is 1. The Balaban J connectivity index is 2.24. The molecular weight excluding hydrogens is 200 g/mol. The van der Waals surface area contributed by atoms with E-state index in [1.807, 2.05) is 12.1 Å². The van der Waals surface area contributed by atoms with Crippen LogP contribution in [0.3, 0.4) is 0 Å². The third-order valence-corrected chi connectivity index (χ3v) is 3.11. The molecule has 0 saturated carbocycles. The van der Waals surface area contributed by atoms with Crippen molar-refractivity contribution in [3.8, 4) is 11.8 Å². The maximum absolute atomic E-state index is 9.84. The lowest BCUT2D eigenvalue weighted by atomic mass is 9.89. The van der Waals surface area contributed by atoms with Crippen LogP contribution in [-0.2, 0) is 6.42 Å². The minimum Gasteiger partial charge on any atom is -0.508 e. The average Bonchev–Trinajstić information content (AvgIpc) is 2.33. The van der Waals surface area contributed by atoms with E-state index in [2.05, 4.69) is 11.4 Å². The first-order chi connectivity index (χ1) is 7.81. The van der Waals surface area contributed by atoms with Crippen molar-refractivity contribution in [2.24, 2.45) is 0 Å². The average molecular weight is 216 g/mol. The van der Waals surface area contributed by atoms with Crippen LogP contribution in [0.25, 0.3) is 0 Å². The van der Waals surface area contributed by atoms with Gasteiger partial charge in [0, 0.05) is 12.5 Å². The Labute approximate surface area is 95.7 Å². The zero-order valence-corrected chi connectivity index (χ0v) is 9.24. The van der Waals surface area contributed by atoms with Crippen molar-refractivity contribution in [3.63, 3.8) is 0 Å². The molecule has 1 aliphatic heterocycles. The summed E-state index contributed by atoms with van der Waals surface area (Å²) in [6, 6.07) is 7.63. The number of phenols is 1. The molecule has 0 aliphatic carbocycles. The first-order valence-corrected chi connectivity index (χ1v) is 5.70. The summed E-state index contributed by atoms with van der Waals surface area (Å²) in [6.07, 6.45) is 2.66. The second-order valence-electron chi connectivity index (χ2n) is 4.27. The van der Waals surface area contributed by atoms with Crippen molar-refractivity contribution in [1.82, 2.24) is 5.32 Å². The van der Waals surface area contributed by atoms with Crippen LogP contribution in [0.15, 0.2) is 18.2 Å². The van der Waals surface area contributed by atoms with Gasteiger partial charge in [0.2, 0.25) is 0 Å². The maximum Gasteiger partial charge on any atom is 0.119 e. The molecule has 16 heavy (non-hydrogen) atoms. The van der Waals surface area contributed by atoms with Crippen molar-refractivity contribution in [3.05, 3.63) is 29.3 Å². The van der Waals surface area contributed by atoms with Crippen LogP contribution in [-0.4, -0.2) is 18.2 Å². The van der Waals surface area contributed by atoms with Gasteiger partial charge >= 0.3 is 0 Å². The van der Waals surface area contributed by atoms with Crippen molar-refractivity contribution >= 4 is 0 Å². The zero-order chi connectivity index (χ0) is 11.4. The SMILES string of the molecule is N#CCc1ccc(O)c(C2CCCNC2)c1. The van der Waals surface area contributed by atoms with Crippen LogP contribution in [0, 0.1) is 11.3 Å². The molecule has 0 spiro atoms. The van der Waals surface area contributed by atoms with E-state index in [4.69, 9.17) is 5.26 Å². The molecule has 1 atom stereocenters. The molecule has 1 fully saturated rings. The third kappa shape index (κ3) is 2.34. The highest BCUT2D eigenvalue weighted by molar-refractivity contribution is 5.40. The van der Waals surface area contributed by atoms with Crippen LogP contribution in [0.5, 0.6) is 5.75 Å². The van der Waals surface area contributed by atoms with Gasteiger partial charge in [0.25, 0.3) is 0 Å². The molecule has 0 bridgehead atoms. The molecule has 1 aliphatic rings. The van der Waals surface area contributed by atoms with E-state index in [0.717, 1.165) is 37.1 Å². The van der Waals surface area contributed by atoms with E-state index in [-0.39, 0.29) is 0 Å². The Bertz CT molecular complexity index is 403. The maximum atomic E-state index is 9.84. The summed E-state index contributed by atoms with van der Waals surface area (Å²) in [5.41, 5.74) is 1.97. The molecule has 2 rings (SSSR count). The molecule has 1 unspecified atom stereocenters. The van der Waals surface area contributed by atoms with Gasteiger partial charge in [-0.15, -0.1) is 0 Å². The van der Waals surface area contributed by atoms with E-state index in [1.165, 1.54) is 0 Å². The molecule has 1 aromatic carbocycles. The molecule has 3 heteroatoms. The van der Waals surface area contributed by atoms with Gasteiger partial charge in [-0.1, -0.05) is 12.1 Å². The summed E-state index contributed by atoms with van der Waals surface area (Å²) in [5, 5.41) is 21.8. The standard InChI is InChI=1S/C13H16N2O/c14-6-5-10-3-4-13(16)12(8-10)11-2-1-7-15-9-11/h3-4,8,11,15-16H,1-2,5,7,9H2. The molecule has 0 aromatic heterocycles. The Kier molecular flexibility index (Phi) is 3.43. The third-order valence-electron chi connectivity index (χ3n) is 3.11. The number of phenolic OH excluding ortho intramolecular Hbond substituents is 1. The second-order valence-corrected chi connectivity index (χ2v) is 4.27. The molecule has 0 amide bonds. The summed E-state index contributed by atoms with van der Waals surface area (Å²) in [6.45, 7) is 1.98. The number of rotatable bonds is 2. The monoisotopic (exact) mass is 216 g/mol. The Morgan fingerprint density at radius 1 is 1.50 bits per heavy atom. The normalized spacial score (nSPS) is 20.3. The fraction of sp³-hybridized carbons (Fsp3) is 0.462. The van der Waals surface area contributed by atoms with Gasteiger partial charge < -0.3 is 10.4 Å². The summed E-state index contributed by atoms with van der Waals surface area (Å²) in [4.78, 5) is 0. The largest absolute Gasteiger partial charge is 0.508 e. The second kappa shape index (κ2) is 5.00. The highest BCUT2D eigenvalue weighted by atomic mass is 16.3. The van der Waals surface area contributed by atoms with E-state index >= 15 is 0 Å². The van der Waals surface area contributed by atoms with Gasteiger partial charge in [-0.25, -0.2) is 0 Å². The molecule has 1 saturated heterocycles. The highest BCUT2D eigenvalue weighted by Gasteiger charge is 2.18. The smallest absolute Gasteiger partial charge is 0.119 e. The van der Waals surface area contributed by atoms with Gasteiger partial charge in [0.05, 0.1) is 12.5 Å². The lowest BCUT2D eigenvalue weighted by Crippen LogP contribution is -2.28. The summed E-state index contributed by atoms with van der Waals surface area (Å²) < 4.78 is 0. The zero-order valence-electron chi connectivity index (χ0n) is 9.24. The van der Waals surface area contributed by atoms with E-state index in [1.54, 1.807) is 6.07 Å². The van der Waals surface area contributed by atoms with Gasteiger partial charge in [-0.05, 0) is 36.6 Å². The predicted molar refractivity (Wildman–Crippen MR) is 62.3 cm³/mol. The first-order valence-electron chi connectivity index (χ1n) is 5.70. The highest BCUT2D eigenvalue weighted by Crippen LogP contribution is 2.31. The quantitative estimate of drug-likeness (QED) is 0.794. The Morgan fingerprint density at radius 2 is 2.38 bits per heavy atom. The van der Waals surface area contributed by atoms with Gasteiger partial charge in [-0.2, -0.15) is 5.26 Å². The number of nitrogens with zero attached hydrogens (tertiary/aromatic N) is 1. The number of nitrogens with one attached hydrogen (secondary N) is 1. The number of nitriles is 1. The van der Waals surface area contributed by atoms with Crippen LogP contribution < -0.4 is 5.32 Å². The topological polar surface area (TPSA) is 56.0 Å². The summed E-state index contributed by atoms with van der Waals surface area (Å²) >= 11 is 0. The van der Waals surface area contributed by atoms with Gasteiger partial charge in [0.15, 0.2) is 0 Å². The summed E-state index contributed by atoms with van der Waals surface area (Å²) in [7, 11) is 0. The number of hydrogen-bond acceptors (Lipinski definition) is 3. The van der Waals surface area contributed by atoms with E-state index in [9.17, 15) is 5.11 Å². The van der Waals surface area contributed by atoms with E-state index < -0.39 is 0 Å². The number of hydrogen-bond donors (Lipinski definition) is 2. The minimum atomic E-state index is 0.357. The number of benzene rings is 1. The van der Waals surface area contributed by atoms with Crippen LogP contribution in [0.1, 0.15) is 29.9 Å². The minimum absolute atomic E-state index is 0.357. The van der Waals surface area contributed by atoms with Crippen molar-refractivity contribution < 1.29 is 5.11 Å². The first kappa shape index (κ1) is 11.0. The Hall–Kier alpha value is -1.53. The molecule has 3 nitrogen and oxygen atoms in total. The lowest BCUT2D eigenvalue weighted by Gasteiger charge is -2.24. The summed E-state index contributed by atoms with van der Waals surface area (Å²) in [5.74, 6) is 0.739. The van der Waals surface area contributed by atoms with Gasteiger partial charge in [-0.3, -0.25) is 0 Å². The fourth-order valence-electron chi connectivity index (χ4n) is 2.25.